The van der Waals surface area contributed by atoms with E-state index in [2.05, 4.69) is 5.32 Å². The van der Waals surface area contributed by atoms with Gasteiger partial charge in [0, 0.05) is 6.54 Å². The van der Waals surface area contributed by atoms with Crippen LogP contribution in [-0.4, -0.2) is 48.1 Å². The summed E-state index contributed by atoms with van der Waals surface area (Å²) in [6, 6.07) is -0.791. The van der Waals surface area contributed by atoms with Crippen molar-refractivity contribution in [3.05, 3.63) is 12.2 Å². The number of nitrogens with one attached hydrogen (secondary N) is 1. The molecule has 2 N–H and O–H groups in total. The summed E-state index contributed by atoms with van der Waals surface area (Å²) in [4.78, 5) is 23.3. The second kappa shape index (κ2) is 4.04. The van der Waals surface area contributed by atoms with Gasteiger partial charge in [0.2, 0.25) is 5.91 Å². The summed E-state index contributed by atoms with van der Waals surface area (Å²) < 4.78 is 0. The van der Waals surface area contributed by atoms with Crippen LogP contribution >= 0.6 is 0 Å². The maximum absolute atomic E-state index is 11.3. The van der Waals surface area contributed by atoms with Gasteiger partial charge in [-0.05, 0) is 7.05 Å². The Morgan fingerprint density at radius 2 is 2.38 bits per heavy atom. The Bertz CT molecular complexity index is 250. The molecule has 1 heterocycles. The third kappa shape index (κ3) is 2.06. The number of carbonyl (C=O) groups is 2. The molecule has 0 aliphatic carbocycles. The summed E-state index contributed by atoms with van der Waals surface area (Å²) in [5.41, 5.74) is 0. The van der Waals surface area contributed by atoms with Gasteiger partial charge in [0.15, 0.2) is 0 Å². The number of rotatable bonds is 3. The summed E-state index contributed by atoms with van der Waals surface area (Å²) in [5.74, 6) is -1.18. The van der Waals surface area contributed by atoms with Crippen molar-refractivity contribution in [1.82, 2.24) is 10.2 Å². The van der Waals surface area contributed by atoms with E-state index in [1.807, 2.05) is 0 Å². The minimum absolute atomic E-state index is 0.172. The van der Waals surface area contributed by atoms with E-state index in [9.17, 15) is 9.59 Å². The van der Waals surface area contributed by atoms with Crippen molar-refractivity contribution in [3.8, 4) is 0 Å². The van der Waals surface area contributed by atoms with Crippen molar-refractivity contribution in [1.29, 1.82) is 0 Å². The van der Waals surface area contributed by atoms with E-state index in [4.69, 9.17) is 5.11 Å². The van der Waals surface area contributed by atoms with Crippen LogP contribution in [0.1, 0.15) is 0 Å². The number of aliphatic carboxylic acids is 1. The topological polar surface area (TPSA) is 69.6 Å². The number of nitrogens with zero attached hydrogens (tertiary/aromatic N) is 1. The molecule has 1 atom stereocenters. The van der Waals surface area contributed by atoms with Crippen molar-refractivity contribution in [3.63, 3.8) is 0 Å². The lowest BCUT2D eigenvalue weighted by atomic mass is 10.3. The lowest BCUT2D eigenvalue weighted by Gasteiger charge is -2.20. The Morgan fingerprint density at radius 3 is 2.92 bits per heavy atom. The molecule has 0 spiro atoms. The highest BCUT2D eigenvalue weighted by molar-refractivity contribution is 5.87. The maximum Gasteiger partial charge on any atom is 0.330 e. The molecule has 5 heteroatoms. The number of likely N-dealkylation sites (N-methyl/N-ethyl adjacent to an activating group) is 1. The van der Waals surface area contributed by atoms with Gasteiger partial charge in [0.25, 0.3) is 0 Å². The van der Waals surface area contributed by atoms with Crippen LogP contribution in [0.4, 0.5) is 0 Å². The minimum atomic E-state index is -0.988. The molecule has 1 rings (SSSR count). The first-order valence-electron chi connectivity index (χ1n) is 4.00. The third-order valence-electron chi connectivity index (χ3n) is 1.86. The lowest BCUT2D eigenvalue weighted by Crippen LogP contribution is -2.44. The van der Waals surface area contributed by atoms with E-state index in [-0.39, 0.29) is 12.5 Å². The highest BCUT2D eigenvalue weighted by Crippen LogP contribution is 2.09. The molecule has 5 nitrogen and oxygen atoms in total. The monoisotopic (exact) mass is 184 g/mol. The largest absolute Gasteiger partial charge is 0.479 e. The Hall–Kier alpha value is -1.36. The number of carboxylic acids is 1. The van der Waals surface area contributed by atoms with Gasteiger partial charge in [-0.2, -0.15) is 0 Å². The normalized spacial score (nSPS) is 20.7. The van der Waals surface area contributed by atoms with Crippen molar-refractivity contribution >= 4 is 11.9 Å². The van der Waals surface area contributed by atoms with Gasteiger partial charge >= 0.3 is 5.97 Å². The fourth-order valence-electron chi connectivity index (χ4n) is 1.25. The quantitative estimate of drug-likeness (QED) is 0.555. The minimum Gasteiger partial charge on any atom is -0.479 e. The second-order valence-corrected chi connectivity index (χ2v) is 2.79. The zero-order valence-corrected chi connectivity index (χ0v) is 7.36. The second-order valence-electron chi connectivity index (χ2n) is 2.79. The van der Waals surface area contributed by atoms with Gasteiger partial charge in [-0.15, -0.1) is 0 Å². The summed E-state index contributed by atoms with van der Waals surface area (Å²) in [6.07, 6.45) is 3.21. The van der Waals surface area contributed by atoms with Gasteiger partial charge in [-0.1, -0.05) is 12.2 Å². The van der Waals surface area contributed by atoms with Crippen LogP contribution in [0.3, 0.4) is 0 Å². The Balaban J connectivity index is 2.61. The molecule has 0 radical (unpaired) electrons. The van der Waals surface area contributed by atoms with E-state index in [1.54, 1.807) is 13.1 Å². The first-order chi connectivity index (χ1) is 6.16. The lowest BCUT2D eigenvalue weighted by molar-refractivity contribution is -0.146. The Labute approximate surface area is 76.0 Å². The zero-order valence-electron chi connectivity index (χ0n) is 7.36. The molecule has 0 aromatic carbocycles. The van der Waals surface area contributed by atoms with E-state index >= 15 is 0 Å². The molecule has 1 aliphatic rings. The number of hydrogen-bond acceptors (Lipinski definition) is 3. The molecule has 72 valence electrons. The Morgan fingerprint density at radius 1 is 1.69 bits per heavy atom. The van der Waals surface area contributed by atoms with Gasteiger partial charge in [0.1, 0.15) is 6.04 Å². The molecule has 0 fully saturated rings. The summed E-state index contributed by atoms with van der Waals surface area (Å²) in [5, 5.41) is 11.4. The predicted molar refractivity (Wildman–Crippen MR) is 46.2 cm³/mol. The van der Waals surface area contributed by atoms with Crippen LogP contribution in [0, 0.1) is 0 Å². The molecule has 0 saturated heterocycles. The summed E-state index contributed by atoms with van der Waals surface area (Å²) in [6.45, 7) is 0.558. The zero-order chi connectivity index (χ0) is 9.84. The maximum atomic E-state index is 11.3. The van der Waals surface area contributed by atoms with Crippen molar-refractivity contribution in [2.75, 3.05) is 20.1 Å². The van der Waals surface area contributed by atoms with Crippen molar-refractivity contribution in [2.45, 2.75) is 6.04 Å². The molecular weight excluding hydrogens is 172 g/mol. The number of carbonyl (C=O) groups excluding carboxylic acids is 1. The summed E-state index contributed by atoms with van der Waals surface area (Å²) in [7, 11) is 1.65. The average molecular weight is 184 g/mol. The third-order valence-corrected chi connectivity index (χ3v) is 1.86. The van der Waals surface area contributed by atoms with Gasteiger partial charge in [-0.25, -0.2) is 4.79 Å². The molecule has 0 aromatic rings. The van der Waals surface area contributed by atoms with E-state index in [0.717, 1.165) is 0 Å². The highest BCUT2D eigenvalue weighted by Gasteiger charge is 2.29. The van der Waals surface area contributed by atoms with Gasteiger partial charge < -0.3 is 15.3 Å². The molecule has 0 bridgehead atoms. The summed E-state index contributed by atoms with van der Waals surface area (Å²) >= 11 is 0. The smallest absolute Gasteiger partial charge is 0.330 e. The van der Waals surface area contributed by atoms with Gasteiger partial charge in [0.05, 0.1) is 6.54 Å². The number of hydrogen-bond donors (Lipinski definition) is 2. The number of amides is 1. The molecular formula is C8H12N2O3. The van der Waals surface area contributed by atoms with Crippen LogP contribution in [0.25, 0.3) is 0 Å². The van der Waals surface area contributed by atoms with E-state index in [1.165, 1.54) is 11.0 Å². The van der Waals surface area contributed by atoms with Crippen LogP contribution in [0.15, 0.2) is 12.2 Å². The molecule has 13 heavy (non-hydrogen) atoms. The average Bonchev–Trinajstić information content (AvgIpc) is 2.52. The van der Waals surface area contributed by atoms with Crippen molar-refractivity contribution in [2.24, 2.45) is 0 Å². The standard InChI is InChI=1S/C8H12N2O3/c1-9-5-7(11)10-4-2-3-6(10)8(12)13/h2-3,6,9H,4-5H2,1H3,(H,12,13). The SMILES string of the molecule is CNCC(=O)N1CC=CC1C(=O)O. The van der Waals surface area contributed by atoms with Crippen LogP contribution < -0.4 is 5.32 Å². The predicted octanol–water partition coefficient (Wildman–Crippen LogP) is -0.943. The first kappa shape index (κ1) is 9.73. The van der Waals surface area contributed by atoms with Gasteiger partial charge in [-0.3, -0.25) is 4.79 Å². The number of carboxylic acid groups (broad SMARTS) is 1. The molecule has 1 aliphatic heterocycles. The molecule has 0 saturated carbocycles. The Kier molecular flexibility index (Phi) is 3.02. The van der Waals surface area contributed by atoms with Crippen molar-refractivity contribution < 1.29 is 14.7 Å². The van der Waals surface area contributed by atoms with E-state index < -0.39 is 12.0 Å². The molecule has 1 amide bonds. The first-order valence-corrected chi connectivity index (χ1v) is 4.00. The van der Waals surface area contributed by atoms with E-state index in [0.29, 0.717) is 6.54 Å². The van der Waals surface area contributed by atoms with Crippen LogP contribution in [-0.2, 0) is 9.59 Å². The molecule has 1 unspecified atom stereocenters. The fraction of sp³-hybridized carbons (Fsp3) is 0.500. The highest BCUT2D eigenvalue weighted by atomic mass is 16.4. The fourth-order valence-corrected chi connectivity index (χ4v) is 1.25. The molecule has 0 aromatic heterocycles. The van der Waals surface area contributed by atoms with Crippen LogP contribution in [0.5, 0.6) is 0 Å². The van der Waals surface area contributed by atoms with Crippen LogP contribution in [0.2, 0.25) is 0 Å².